The van der Waals surface area contributed by atoms with Crippen LogP contribution in [0, 0.1) is 5.92 Å². The Morgan fingerprint density at radius 2 is 2.09 bits per heavy atom. The largest absolute Gasteiger partial charge is 0.489 e. The minimum atomic E-state index is -0.801. The van der Waals surface area contributed by atoms with Gasteiger partial charge in [0.2, 0.25) is 5.82 Å². The van der Waals surface area contributed by atoms with E-state index in [0.717, 1.165) is 56.8 Å². The number of nitrogens with one attached hydrogen (secondary N) is 1. The fourth-order valence-corrected chi connectivity index (χ4v) is 4.49. The van der Waals surface area contributed by atoms with Crippen molar-refractivity contribution >= 4 is 17.9 Å². The summed E-state index contributed by atoms with van der Waals surface area (Å²) >= 11 is 0. The van der Waals surface area contributed by atoms with Crippen LogP contribution >= 0.6 is 0 Å². The molecule has 1 amide bonds. The summed E-state index contributed by atoms with van der Waals surface area (Å²) in [5.74, 6) is 1.64. The number of nitrogens with zero attached hydrogens (tertiary/aromatic N) is 4. The van der Waals surface area contributed by atoms with Gasteiger partial charge in [0.1, 0.15) is 30.5 Å². The standard InChI is InChI=1S/C23H31N5O4/c1-27(2)19-6-3-4-8-20(19)32-15-17(14-29)24-23(30)22-25-21-9-5-7-18(28(21)26-22)16-10-12-31-13-11-16/h3-4,6,8,14,16-18H,5,7,9-13,15H2,1-2H3,(H,24,30)/t17-,18?/m1/s1. The summed E-state index contributed by atoms with van der Waals surface area (Å²) < 4.78 is 13.3. The van der Waals surface area contributed by atoms with E-state index in [-0.39, 0.29) is 18.5 Å². The van der Waals surface area contributed by atoms with Gasteiger partial charge in [-0.2, -0.15) is 0 Å². The van der Waals surface area contributed by atoms with Crippen LogP contribution in [0.3, 0.4) is 0 Å². The summed E-state index contributed by atoms with van der Waals surface area (Å²) in [5, 5.41) is 7.24. The highest BCUT2D eigenvalue weighted by atomic mass is 16.5. The monoisotopic (exact) mass is 441 g/mol. The molecule has 0 bridgehead atoms. The Bertz CT molecular complexity index is 938. The second-order valence-electron chi connectivity index (χ2n) is 8.59. The molecular formula is C23H31N5O4. The summed E-state index contributed by atoms with van der Waals surface area (Å²) in [5.41, 5.74) is 0.895. The van der Waals surface area contributed by atoms with Crippen LogP contribution in [0.2, 0.25) is 0 Å². The predicted molar refractivity (Wildman–Crippen MR) is 119 cm³/mol. The van der Waals surface area contributed by atoms with E-state index in [4.69, 9.17) is 9.47 Å². The third-order valence-electron chi connectivity index (χ3n) is 6.18. The SMILES string of the molecule is CN(C)c1ccccc1OC[C@@H](C=O)NC(=O)c1nc2n(n1)C(C1CCOCC1)CCC2. The second-order valence-corrected chi connectivity index (χ2v) is 8.59. The van der Waals surface area contributed by atoms with Crippen LogP contribution in [-0.4, -0.2) is 66.9 Å². The Morgan fingerprint density at radius 3 is 2.84 bits per heavy atom. The fraction of sp³-hybridized carbons (Fsp3) is 0.565. The van der Waals surface area contributed by atoms with E-state index < -0.39 is 11.9 Å². The maximum absolute atomic E-state index is 12.8. The van der Waals surface area contributed by atoms with Crippen LogP contribution in [0.5, 0.6) is 5.75 Å². The summed E-state index contributed by atoms with van der Waals surface area (Å²) in [6.07, 6.45) is 5.57. The Balaban J connectivity index is 1.41. The fourth-order valence-electron chi connectivity index (χ4n) is 4.49. The van der Waals surface area contributed by atoms with Crippen LogP contribution in [-0.2, 0) is 16.0 Å². The minimum Gasteiger partial charge on any atom is -0.489 e. The highest BCUT2D eigenvalue weighted by molar-refractivity contribution is 5.92. The molecule has 4 rings (SSSR count). The molecule has 1 saturated heterocycles. The molecule has 2 atom stereocenters. The molecule has 2 aromatic rings. The molecule has 1 fully saturated rings. The Kier molecular flexibility index (Phi) is 7.04. The van der Waals surface area contributed by atoms with Crippen LogP contribution < -0.4 is 15.0 Å². The van der Waals surface area contributed by atoms with Gasteiger partial charge in [-0.05, 0) is 43.7 Å². The number of carbonyl (C=O) groups excluding carboxylic acids is 2. The lowest BCUT2D eigenvalue weighted by atomic mass is 9.87. The van der Waals surface area contributed by atoms with Crippen molar-refractivity contribution < 1.29 is 19.1 Å². The van der Waals surface area contributed by atoms with Gasteiger partial charge in [0.25, 0.3) is 5.91 Å². The molecule has 0 aliphatic carbocycles. The highest BCUT2D eigenvalue weighted by Gasteiger charge is 2.32. The summed E-state index contributed by atoms with van der Waals surface area (Å²) in [4.78, 5) is 30.8. The number of aldehydes is 1. The summed E-state index contributed by atoms with van der Waals surface area (Å²) in [7, 11) is 3.84. The molecule has 1 N–H and O–H groups in total. The van der Waals surface area contributed by atoms with Gasteiger partial charge in [0.15, 0.2) is 0 Å². The quantitative estimate of drug-likeness (QED) is 0.626. The first-order valence-corrected chi connectivity index (χ1v) is 11.2. The maximum atomic E-state index is 12.8. The van der Waals surface area contributed by atoms with Crippen LogP contribution in [0.25, 0.3) is 0 Å². The number of hydrogen-bond donors (Lipinski definition) is 1. The summed E-state index contributed by atoms with van der Waals surface area (Å²) in [6, 6.07) is 7.00. The number of aromatic nitrogens is 3. The molecule has 1 aromatic carbocycles. The number of amides is 1. The van der Waals surface area contributed by atoms with Crippen LogP contribution in [0.15, 0.2) is 24.3 Å². The van der Waals surface area contributed by atoms with Gasteiger partial charge in [0.05, 0.1) is 11.7 Å². The van der Waals surface area contributed by atoms with Crippen molar-refractivity contribution in [3.05, 3.63) is 35.9 Å². The van der Waals surface area contributed by atoms with E-state index in [1.54, 1.807) is 0 Å². The topological polar surface area (TPSA) is 98.6 Å². The zero-order valence-corrected chi connectivity index (χ0v) is 18.7. The van der Waals surface area contributed by atoms with Crippen molar-refractivity contribution in [3.63, 3.8) is 0 Å². The van der Waals surface area contributed by atoms with Crippen LogP contribution in [0.1, 0.15) is 48.2 Å². The smallest absolute Gasteiger partial charge is 0.291 e. The molecule has 9 heteroatoms. The van der Waals surface area contributed by atoms with Gasteiger partial charge in [-0.25, -0.2) is 9.67 Å². The molecule has 172 valence electrons. The molecule has 2 aliphatic rings. The van der Waals surface area contributed by atoms with Crippen molar-refractivity contribution in [3.8, 4) is 5.75 Å². The number of hydrogen-bond acceptors (Lipinski definition) is 7. The van der Waals surface area contributed by atoms with Crippen molar-refractivity contribution in [1.29, 1.82) is 0 Å². The first-order valence-electron chi connectivity index (χ1n) is 11.2. The Hall–Kier alpha value is -2.94. The van der Waals surface area contributed by atoms with E-state index in [2.05, 4.69) is 15.4 Å². The van der Waals surface area contributed by atoms with Crippen LogP contribution in [0.4, 0.5) is 5.69 Å². The number of aryl methyl sites for hydroxylation is 1. The van der Waals surface area contributed by atoms with E-state index in [0.29, 0.717) is 18.0 Å². The molecule has 32 heavy (non-hydrogen) atoms. The normalized spacial score (nSPS) is 19.6. The number of carbonyl (C=O) groups is 2. The van der Waals surface area contributed by atoms with Crippen molar-refractivity contribution in [1.82, 2.24) is 20.1 Å². The van der Waals surface area contributed by atoms with Gasteiger partial charge in [-0.1, -0.05) is 12.1 Å². The summed E-state index contributed by atoms with van der Waals surface area (Å²) in [6.45, 7) is 1.57. The average Bonchev–Trinajstić information content (AvgIpc) is 3.27. The number of para-hydroxylation sites is 2. The van der Waals surface area contributed by atoms with Gasteiger partial charge >= 0.3 is 0 Å². The lowest BCUT2D eigenvalue weighted by Crippen LogP contribution is -2.41. The molecule has 9 nitrogen and oxygen atoms in total. The van der Waals surface area contributed by atoms with E-state index in [1.807, 2.05) is 47.9 Å². The molecule has 1 unspecified atom stereocenters. The van der Waals surface area contributed by atoms with Gasteiger partial charge < -0.3 is 24.5 Å². The molecule has 0 spiro atoms. The molecule has 2 aliphatic heterocycles. The number of rotatable bonds is 8. The third-order valence-corrected chi connectivity index (χ3v) is 6.18. The van der Waals surface area contributed by atoms with Crippen molar-refractivity contribution in [2.24, 2.45) is 5.92 Å². The Labute approximate surface area is 188 Å². The van der Waals surface area contributed by atoms with E-state index in [9.17, 15) is 9.59 Å². The van der Waals surface area contributed by atoms with Crippen molar-refractivity contribution in [2.75, 3.05) is 38.8 Å². The highest BCUT2D eigenvalue weighted by Crippen LogP contribution is 2.35. The first-order chi connectivity index (χ1) is 15.6. The Morgan fingerprint density at radius 1 is 1.31 bits per heavy atom. The zero-order chi connectivity index (χ0) is 22.5. The van der Waals surface area contributed by atoms with Gasteiger partial charge in [-0.3, -0.25) is 4.79 Å². The van der Waals surface area contributed by atoms with E-state index in [1.165, 1.54) is 0 Å². The van der Waals surface area contributed by atoms with Crippen molar-refractivity contribution in [2.45, 2.75) is 44.2 Å². The molecular weight excluding hydrogens is 410 g/mol. The predicted octanol–water partition coefficient (Wildman–Crippen LogP) is 2.02. The number of ether oxygens (including phenoxy) is 2. The first kappa shape index (κ1) is 22.3. The lowest BCUT2D eigenvalue weighted by Gasteiger charge is -2.33. The van der Waals surface area contributed by atoms with E-state index >= 15 is 0 Å². The van der Waals surface area contributed by atoms with Gasteiger partial charge in [0, 0.05) is 33.7 Å². The second kappa shape index (κ2) is 10.1. The minimum absolute atomic E-state index is 0.0261. The van der Waals surface area contributed by atoms with Gasteiger partial charge in [-0.15, -0.1) is 5.10 Å². The molecule has 0 saturated carbocycles. The number of benzene rings is 1. The molecule has 1 aromatic heterocycles. The maximum Gasteiger partial charge on any atom is 0.291 e. The zero-order valence-electron chi connectivity index (χ0n) is 18.7. The number of anilines is 1. The molecule has 3 heterocycles. The lowest BCUT2D eigenvalue weighted by molar-refractivity contribution is -0.110. The average molecular weight is 442 g/mol. The molecule has 0 radical (unpaired) electrons. The number of fused-ring (bicyclic) bond motifs is 1. The third kappa shape index (κ3) is 4.93.